The van der Waals surface area contributed by atoms with Crippen LogP contribution < -0.4 is 4.72 Å². The number of nitrogens with zero attached hydrogens (tertiary/aromatic N) is 2. The van der Waals surface area contributed by atoms with Gasteiger partial charge < -0.3 is 8.94 Å². The molecule has 0 spiro atoms. The average molecular weight is 285 g/mol. The van der Waals surface area contributed by atoms with Gasteiger partial charge in [-0.1, -0.05) is 5.16 Å². The maximum atomic E-state index is 12.2. The minimum absolute atomic E-state index is 0.0407. The molecular weight excluding hydrogens is 270 g/mol. The van der Waals surface area contributed by atoms with Crippen molar-refractivity contribution in [3.8, 4) is 0 Å². The van der Waals surface area contributed by atoms with Gasteiger partial charge in [0.1, 0.15) is 16.3 Å². The lowest BCUT2D eigenvalue weighted by molar-refractivity contribution is 0.390. The molecular formula is C11H15N3O4S. The normalized spacial score (nSPS) is 12.0. The molecule has 0 saturated carbocycles. The van der Waals surface area contributed by atoms with Crippen molar-refractivity contribution in [3.63, 3.8) is 0 Å². The monoisotopic (exact) mass is 285 g/mol. The van der Waals surface area contributed by atoms with Gasteiger partial charge in [-0.05, 0) is 20.8 Å². The molecule has 2 heterocycles. The molecule has 0 atom stereocenters. The van der Waals surface area contributed by atoms with Crippen molar-refractivity contribution in [3.05, 3.63) is 28.8 Å². The summed E-state index contributed by atoms with van der Waals surface area (Å²) in [5.41, 5.74) is 0.995. The van der Waals surface area contributed by atoms with Gasteiger partial charge in [0.15, 0.2) is 11.7 Å². The Bertz CT molecular complexity index is 680. The fourth-order valence-electron chi connectivity index (χ4n) is 1.83. The predicted molar refractivity (Wildman–Crippen MR) is 66.0 cm³/mol. The Morgan fingerprint density at radius 2 is 1.84 bits per heavy atom. The zero-order valence-corrected chi connectivity index (χ0v) is 12.0. The summed E-state index contributed by atoms with van der Waals surface area (Å²) in [6.45, 7) is 6.64. The summed E-state index contributed by atoms with van der Waals surface area (Å²) >= 11 is 0. The summed E-state index contributed by atoms with van der Waals surface area (Å²) in [6, 6.07) is 0. The van der Waals surface area contributed by atoms with Gasteiger partial charge in [0, 0.05) is 6.92 Å². The van der Waals surface area contributed by atoms with Crippen LogP contribution in [0.2, 0.25) is 0 Å². The molecule has 0 aliphatic rings. The molecule has 0 aliphatic carbocycles. The molecule has 19 heavy (non-hydrogen) atoms. The zero-order valence-electron chi connectivity index (χ0n) is 11.1. The van der Waals surface area contributed by atoms with Crippen LogP contribution in [0.25, 0.3) is 0 Å². The third-order valence-electron chi connectivity index (χ3n) is 2.66. The van der Waals surface area contributed by atoms with Gasteiger partial charge in [0.25, 0.3) is 0 Å². The Balaban J connectivity index is 2.21. The molecule has 1 N–H and O–H groups in total. The van der Waals surface area contributed by atoms with Crippen LogP contribution in [0.15, 0.2) is 13.8 Å². The van der Waals surface area contributed by atoms with E-state index in [2.05, 4.69) is 14.9 Å². The first-order valence-electron chi connectivity index (χ1n) is 5.66. The lowest BCUT2D eigenvalue weighted by atomic mass is 10.4. The Morgan fingerprint density at radius 3 is 2.32 bits per heavy atom. The smallest absolute Gasteiger partial charge is 0.246 e. The highest BCUT2D eigenvalue weighted by Crippen LogP contribution is 2.19. The summed E-state index contributed by atoms with van der Waals surface area (Å²) in [6.07, 6.45) is 0. The minimum atomic E-state index is -3.68. The van der Waals surface area contributed by atoms with Crippen molar-refractivity contribution in [2.24, 2.45) is 0 Å². The number of hydrogen-bond acceptors (Lipinski definition) is 6. The molecule has 2 aromatic heterocycles. The third-order valence-corrected chi connectivity index (χ3v) is 4.30. The highest BCUT2D eigenvalue weighted by Gasteiger charge is 2.24. The van der Waals surface area contributed by atoms with E-state index in [4.69, 9.17) is 8.94 Å². The Hall–Kier alpha value is -1.67. The largest absolute Gasteiger partial charge is 0.444 e. The summed E-state index contributed by atoms with van der Waals surface area (Å²) < 4.78 is 36.9. The molecule has 0 amide bonds. The van der Waals surface area contributed by atoms with Crippen LogP contribution in [0.5, 0.6) is 0 Å². The summed E-state index contributed by atoms with van der Waals surface area (Å²) in [4.78, 5) is 4.15. The molecule has 0 saturated heterocycles. The van der Waals surface area contributed by atoms with Crippen LogP contribution in [0.4, 0.5) is 0 Å². The van der Waals surface area contributed by atoms with Crippen molar-refractivity contribution in [1.82, 2.24) is 14.9 Å². The second-order valence-corrected chi connectivity index (χ2v) is 5.92. The van der Waals surface area contributed by atoms with E-state index in [-0.39, 0.29) is 17.2 Å². The molecule has 7 nitrogen and oxygen atoms in total. The molecule has 104 valence electrons. The quantitative estimate of drug-likeness (QED) is 0.911. The first-order chi connectivity index (χ1) is 8.81. The Kier molecular flexibility index (Phi) is 3.46. The first kappa shape index (κ1) is 13.8. The molecule has 2 rings (SSSR count). The van der Waals surface area contributed by atoms with Gasteiger partial charge in [-0.25, -0.2) is 18.1 Å². The first-order valence-corrected chi connectivity index (χ1v) is 7.15. The van der Waals surface area contributed by atoms with E-state index in [1.807, 2.05) is 0 Å². The summed E-state index contributed by atoms with van der Waals surface area (Å²) in [5, 5.41) is 3.63. The molecule has 0 aliphatic heterocycles. The van der Waals surface area contributed by atoms with E-state index < -0.39 is 10.0 Å². The van der Waals surface area contributed by atoms with Crippen molar-refractivity contribution < 1.29 is 17.4 Å². The van der Waals surface area contributed by atoms with Crippen molar-refractivity contribution in [1.29, 1.82) is 0 Å². The fraction of sp³-hybridized carbons (Fsp3) is 0.455. The number of oxazole rings is 1. The second-order valence-electron chi connectivity index (χ2n) is 4.22. The van der Waals surface area contributed by atoms with Crippen LogP contribution >= 0.6 is 0 Å². The molecule has 0 aromatic carbocycles. The Labute approximate surface area is 111 Å². The zero-order chi connectivity index (χ0) is 14.2. The lowest BCUT2D eigenvalue weighted by Gasteiger charge is -2.04. The summed E-state index contributed by atoms with van der Waals surface area (Å²) in [5.74, 6) is 1.26. The van der Waals surface area contributed by atoms with Crippen LogP contribution in [-0.4, -0.2) is 18.6 Å². The van der Waals surface area contributed by atoms with Gasteiger partial charge in [-0.15, -0.1) is 0 Å². The molecule has 2 aromatic rings. The summed E-state index contributed by atoms with van der Waals surface area (Å²) in [7, 11) is -3.68. The van der Waals surface area contributed by atoms with Gasteiger partial charge >= 0.3 is 0 Å². The van der Waals surface area contributed by atoms with Crippen molar-refractivity contribution in [2.75, 3.05) is 0 Å². The van der Waals surface area contributed by atoms with Crippen LogP contribution in [0.3, 0.4) is 0 Å². The number of aromatic nitrogens is 2. The molecule has 0 bridgehead atoms. The van der Waals surface area contributed by atoms with Gasteiger partial charge in [0.05, 0.1) is 12.2 Å². The maximum Gasteiger partial charge on any atom is 0.246 e. The van der Waals surface area contributed by atoms with E-state index in [0.717, 1.165) is 0 Å². The van der Waals surface area contributed by atoms with Crippen LogP contribution in [0, 0.1) is 27.7 Å². The highest BCUT2D eigenvalue weighted by molar-refractivity contribution is 7.89. The predicted octanol–water partition coefficient (Wildman–Crippen LogP) is 1.37. The van der Waals surface area contributed by atoms with E-state index >= 15 is 0 Å². The number of nitrogens with one attached hydrogen (secondary N) is 1. The van der Waals surface area contributed by atoms with E-state index in [1.54, 1.807) is 27.7 Å². The minimum Gasteiger partial charge on any atom is -0.444 e. The van der Waals surface area contributed by atoms with Crippen molar-refractivity contribution >= 4 is 10.0 Å². The van der Waals surface area contributed by atoms with Gasteiger partial charge in [-0.2, -0.15) is 0 Å². The standard InChI is InChI=1S/C11H15N3O4S/c1-6-10(17-9(4)13-6)5-12-19(15,16)11-7(2)14-18-8(11)3/h12H,5H2,1-4H3. The molecule has 0 fully saturated rings. The van der Waals surface area contributed by atoms with Gasteiger partial charge in [-0.3, -0.25) is 0 Å². The highest BCUT2D eigenvalue weighted by atomic mass is 32.2. The van der Waals surface area contributed by atoms with Crippen LogP contribution in [-0.2, 0) is 16.6 Å². The number of sulfonamides is 1. The Morgan fingerprint density at radius 1 is 1.16 bits per heavy atom. The molecule has 0 radical (unpaired) electrons. The number of rotatable bonds is 4. The van der Waals surface area contributed by atoms with Crippen LogP contribution in [0.1, 0.15) is 28.8 Å². The van der Waals surface area contributed by atoms with E-state index in [9.17, 15) is 8.42 Å². The molecule has 0 unspecified atom stereocenters. The third kappa shape index (κ3) is 2.69. The second kappa shape index (κ2) is 4.78. The molecule has 8 heteroatoms. The van der Waals surface area contributed by atoms with Gasteiger partial charge in [0.2, 0.25) is 10.0 Å². The van der Waals surface area contributed by atoms with Crippen molar-refractivity contribution in [2.45, 2.75) is 39.1 Å². The number of hydrogen-bond donors (Lipinski definition) is 1. The fourth-order valence-corrected chi connectivity index (χ4v) is 3.14. The topological polar surface area (TPSA) is 98.2 Å². The lowest BCUT2D eigenvalue weighted by Crippen LogP contribution is -2.24. The maximum absolute atomic E-state index is 12.2. The number of aryl methyl sites for hydroxylation is 4. The average Bonchev–Trinajstić information content (AvgIpc) is 2.79. The van der Waals surface area contributed by atoms with E-state index in [1.165, 1.54) is 0 Å². The SMILES string of the molecule is Cc1nc(C)c(CNS(=O)(=O)c2c(C)noc2C)o1. The van der Waals surface area contributed by atoms with E-state index in [0.29, 0.717) is 23.0 Å².